The molecule has 3 nitrogen and oxygen atoms in total. The van der Waals surface area contributed by atoms with Crippen LogP contribution >= 0.6 is 0 Å². The minimum atomic E-state index is -0.220. The van der Waals surface area contributed by atoms with Gasteiger partial charge in [0.15, 0.2) is 0 Å². The highest BCUT2D eigenvalue weighted by Crippen LogP contribution is 2.51. The Kier molecular flexibility index (Phi) is 4.53. The van der Waals surface area contributed by atoms with Gasteiger partial charge in [-0.2, -0.15) is 0 Å². The highest BCUT2D eigenvalue weighted by atomic mass is 19.1. The first-order valence-corrected chi connectivity index (χ1v) is 8.32. The minimum Gasteiger partial charge on any atom is -0.392 e. The lowest BCUT2D eigenvalue weighted by atomic mass is 9.58. The second-order valence-corrected chi connectivity index (χ2v) is 6.78. The van der Waals surface area contributed by atoms with Crippen LogP contribution in [0.25, 0.3) is 0 Å². The van der Waals surface area contributed by atoms with Gasteiger partial charge < -0.3 is 9.84 Å². The first-order valence-electron chi connectivity index (χ1n) is 8.32. The highest BCUT2D eigenvalue weighted by molar-refractivity contribution is 5.26. The average molecular weight is 307 g/mol. The summed E-state index contributed by atoms with van der Waals surface area (Å²) in [6, 6.07) is 5.00. The summed E-state index contributed by atoms with van der Waals surface area (Å²) in [6.07, 6.45) is 2.70. The van der Waals surface area contributed by atoms with Crippen molar-refractivity contribution >= 4 is 0 Å². The molecule has 1 heterocycles. The Morgan fingerprint density at radius 3 is 2.73 bits per heavy atom. The number of aliphatic hydroxyl groups excluding tert-OH is 1. The zero-order valence-corrected chi connectivity index (χ0v) is 13.5. The van der Waals surface area contributed by atoms with Crippen LogP contribution in [0.1, 0.15) is 37.3 Å². The maximum absolute atomic E-state index is 13.4. The molecule has 2 fully saturated rings. The first-order chi connectivity index (χ1) is 10.5. The Morgan fingerprint density at radius 2 is 2.09 bits per heavy atom. The molecule has 1 spiro atoms. The van der Waals surface area contributed by atoms with Crippen molar-refractivity contribution < 1.29 is 14.2 Å². The van der Waals surface area contributed by atoms with E-state index in [0.29, 0.717) is 6.61 Å². The second kappa shape index (κ2) is 6.26. The molecular formula is C18H26FNO2. The van der Waals surface area contributed by atoms with E-state index >= 15 is 0 Å². The van der Waals surface area contributed by atoms with Crippen LogP contribution in [0.5, 0.6) is 0 Å². The van der Waals surface area contributed by atoms with Crippen LogP contribution in [0, 0.1) is 18.2 Å². The second-order valence-electron chi connectivity index (χ2n) is 6.78. The number of aliphatic hydroxyl groups is 1. The maximum atomic E-state index is 13.4. The number of hydrogen-bond acceptors (Lipinski definition) is 3. The Hall–Kier alpha value is -0.970. The largest absolute Gasteiger partial charge is 0.392 e. The van der Waals surface area contributed by atoms with Crippen LogP contribution in [0.2, 0.25) is 0 Å². The number of ether oxygens (including phenoxy) is 1. The van der Waals surface area contributed by atoms with E-state index in [1.54, 1.807) is 6.07 Å². The Bertz CT molecular complexity index is 524. The molecule has 4 heteroatoms. The van der Waals surface area contributed by atoms with Crippen molar-refractivity contribution in [1.82, 2.24) is 4.90 Å². The molecule has 1 saturated carbocycles. The summed E-state index contributed by atoms with van der Waals surface area (Å²) in [7, 11) is 0. The van der Waals surface area contributed by atoms with Crippen molar-refractivity contribution in [3.63, 3.8) is 0 Å². The number of piperidine rings is 1. The van der Waals surface area contributed by atoms with E-state index in [4.69, 9.17) is 4.74 Å². The van der Waals surface area contributed by atoms with Crippen molar-refractivity contribution in [3.8, 4) is 0 Å². The molecule has 1 saturated heterocycles. The van der Waals surface area contributed by atoms with Crippen LogP contribution < -0.4 is 0 Å². The van der Waals surface area contributed by atoms with Crippen LogP contribution in [0.4, 0.5) is 4.39 Å². The predicted molar refractivity (Wildman–Crippen MR) is 84.1 cm³/mol. The smallest absolute Gasteiger partial charge is 0.123 e. The summed E-state index contributed by atoms with van der Waals surface area (Å²) < 4.78 is 19.2. The average Bonchev–Trinajstić information content (AvgIpc) is 2.51. The zero-order chi connectivity index (χ0) is 15.7. The summed E-state index contributed by atoms with van der Waals surface area (Å²) in [4.78, 5) is 2.36. The lowest BCUT2D eigenvalue weighted by Gasteiger charge is -2.56. The fourth-order valence-electron chi connectivity index (χ4n) is 4.00. The van der Waals surface area contributed by atoms with Gasteiger partial charge in [-0.15, -0.1) is 0 Å². The van der Waals surface area contributed by atoms with Gasteiger partial charge in [-0.05, 0) is 63.0 Å². The third kappa shape index (κ3) is 2.80. The number of likely N-dealkylation sites (tertiary alicyclic amines) is 1. The van der Waals surface area contributed by atoms with Gasteiger partial charge in [0, 0.05) is 25.0 Å². The van der Waals surface area contributed by atoms with Gasteiger partial charge in [-0.1, -0.05) is 6.07 Å². The molecule has 122 valence electrons. The molecule has 0 amide bonds. The third-order valence-corrected chi connectivity index (χ3v) is 5.60. The van der Waals surface area contributed by atoms with E-state index in [2.05, 4.69) is 4.90 Å². The molecule has 22 heavy (non-hydrogen) atoms. The van der Waals surface area contributed by atoms with Crippen LogP contribution in [0.3, 0.4) is 0 Å². The molecule has 0 aromatic heterocycles. The normalized spacial score (nSPS) is 27.8. The van der Waals surface area contributed by atoms with Gasteiger partial charge in [-0.3, -0.25) is 4.90 Å². The van der Waals surface area contributed by atoms with Gasteiger partial charge in [-0.25, -0.2) is 4.39 Å². The molecule has 1 aliphatic heterocycles. The standard InChI is InChI=1S/C18H26FNO2/c1-3-22-17-11-16(21)18(17)6-8-20(9-7-18)12-14-10-15(19)5-4-13(14)2/h4-5,10,16-17,21H,3,6-9,11-12H2,1-2H3/t16-,17-/m0/s1. The number of halogens is 1. The van der Waals surface area contributed by atoms with Crippen LogP contribution in [-0.2, 0) is 11.3 Å². The van der Waals surface area contributed by atoms with Gasteiger partial charge >= 0.3 is 0 Å². The highest BCUT2D eigenvalue weighted by Gasteiger charge is 2.55. The van der Waals surface area contributed by atoms with E-state index in [9.17, 15) is 9.50 Å². The number of benzene rings is 1. The van der Waals surface area contributed by atoms with E-state index in [1.165, 1.54) is 6.07 Å². The third-order valence-electron chi connectivity index (χ3n) is 5.60. The molecule has 3 rings (SSSR count). The molecule has 0 radical (unpaired) electrons. The summed E-state index contributed by atoms with van der Waals surface area (Å²) in [5.74, 6) is -0.167. The van der Waals surface area contributed by atoms with Crippen molar-refractivity contribution in [2.75, 3.05) is 19.7 Å². The fraction of sp³-hybridized carbons (Fsp3) is 0.667. The fourth-order valence-corrected chi connectivity index (χ4v) is 4.00. The minimum absolute atomic E-state index is 0.0382. The van der Waals surface area contributed by atoms with E-state index in [0.717, 1.165) is 50.0 Å². The van der Waals surface area contributed by atoms with Crippen molar-refractivity contribution in [2.24, 2.45) is 5.41 Å². The van der Waals surface area contributed by atoms with Gasteiger partial charge in [0.25, 0.3) is 0 Å². The van der Waals surface area contributed by atoms with Gasteiger partial charge in [0.05, 0.1) is 12.2 Å². The van der Waals surface area contributed by atoms with E-state index in [-0.39, 0.29) is 23.4 Å². The van der Waals surface area contributed by atoms with Gasteiger partial charge in [0.2, 0.25) is 0 Å². The van der Waals surface area contributed by atoms with Crippen molar-refractivity contribution in [1.29, 1.82) is 0 Å². The van der Waals surface area contributed by atoms with Gasteiger partial charge in [0.1, 0.15) is 5.82 Å². The number of aryl methyl sites for hydroxylation is 1. The molecule has 0 unspecified atom stereocenters. The van der Waals surface area contributed by atoms with Crippen molar-refractivity contribution in [3.05, 3.63) is 35.1 Å². The van der Waals surface area contributed by atoms with E-state index < -0.39 is 0 Å². The topological polar surface area (TPSA) is 32.7 Å². The number of rotatable bonds is 4. The maximum Gasteiger partial charge on any atom is 0.123 e. The molecular weight excluding hydrogens is 281 g/mol. The summed E-state index contributed by atoms with van der Waals surface area (Å²) in [6.45, 7) is 7.43. The Labute approximate surface area is 132 Å². The summed E-state index contributed by atoms with van der Waals surface area (Å²) >= 11 is 0. The Morgan fingerprint density at radius 1 is 1.36 bits per heavy atom. The van der Waals surface area contributed by atoms with E-state index in [1.807, 2.05) is 19.9 Å². The number of hydrogen-bond donors (Lipinski definition) is 1. The quantitative estimate of drug-likeness (QED) is 0.928. The molecule has 2 atom stereocenters. The zero-order valence-electron chi connectivity index (χ0n) is 13.5. The SMILES string of the molecule is CCO[C@H]1C[C@H](O)C12CCN(Cc1cc(F)ccc1C)CC2. The first kappa shape index (κ1) is 15.9. The monoisotopic (exact) mass is 307 g/mol. The molecule has 1 aliphatic carbocycles. The van der Waals surface area contributed by atoms with Crippen molar-refractivity contribution in [2.45, 2.75) is 51.9 Å². The van der Waals surface area contributed by atoms with Crippen LogP contribution in [-0.4, -0.2) is 41.9 Å². The number of nitrogens with zero attached hydrogens (tertiary/aromatic N) is 1. The Balaban J connectivity index is 1.61. The van der Waals surface area contributed by atoms with Crippen LogP contribution in [0.15, 0.2) is 18.2 Å². The predicted octanol–water partition coefficient (Wildman–Crippen LogP) is 2.89. The molecule has 1 aromatic carbocycles. The molecule has 1 aromatic rings. The molecule has 1 N–H and O–H groups in total. The summed E-state index contributed by atoms with van der Waals surface area (Å²) in [5.41, 5.74) is 2.16. The summed E-state index contributed by atoms with van der Waals surface area (Å²) in [5, 5.41) is 10.2. The lowest BCUT2D eigenvalue weighted by molar-refractivity contribution is -0.209. The molecule has 0 bridgehead atoms. The lowest BCUT2D eigenvalue weighted by Crippen LogP contribution is -2.62. The molecule has 2 aliphatic rings.